The van der Waals surface area contributed by atoms with Gasteiger partial charge in [0.15, 0.2) is 0 Å². The van der Waals surface area contributed by atoms with Crippen LogP contribution >= 0.6 is 0 Å². The Morgan fingerprint density at radius 1 is 1.00 bits per heavy atom. The number of nitriles is 1. The van der Waals surface area contributed by atoms with Gasteiger partial charge in [-0.15, -0.1) is 0 Å². The highest BCUT2D eigenvalue weighted by Crippen LogP contribution is 2.36. The molecule has 0 unspecified atom stereocenters. The average Bonchev–Trinajstić information content (AvgIpc) is 3.52. The van der Waals surface area contributed by atoms with Gasteiger partial charge >= 0.3 is 5.97 Å². The van der Waals surface area contributed by atoms with Crippen LogP contribution in [0.5, 0.6) is 5.75 Å². The highest BCUT2D eigenvalue weighted by molar-refractivity contribution is 5.80. The van der Waals surface area contributed by atoms with Crippen LogP contribution in [0.2, 0.25) is 0 Å². The van der Waals surface area contributed by atoms with Crippen molar-refractivity contribution in [3.8, 4) is 28.6 Å². The third-order valence-electron chi connectivity index (χ3n) is 8.24. The summed E-state index contributed by atoms with van der Waals surface area (Å²) in [4.78, 5) is 30.5. The molecule has 1 fully saturated rings. The molecule has 1 aromatic heterocycles. The van der Waals surface area contributed by atoms with E-state index in [1.54, 1.807) is 0 Å². The lowest BCUT2D eigenvalue weighted by atomic mass is 9.96. The minimum absolute atomic E-state index is 0.198. The van der Waals surface area contributed by atoms with Crippen molar-refractivity contribution in [1.82, 2.24) is 9.55 Å². The molecular weight excluding hydrogens is 538 g/mol. The summed E-state index contributed by atoms with van der Waals surface area (Å²) in [6, 6.07) is 25.5. The predicted octanol–water partition coefficient (Wildman–Crippen LogP) is 6.74. The van der Waals surface area contributed by atoms with Crippen LogP contribution in [0.15, 0.2) is 77.6 Å². The fourth-order valence-corrected chi connectivity index (χ4v) is 6.08. The zero-order chi connectivity index (χ0) is 30.4. The van der Waals surface area contributed by atoms with Gasteiger partial charge in [0.2, 0.25) is 5.60 Å². The van der Waals surface area contributed by atoms with Crippen molar-refractivity contribution >= 4 is 5.97 Å². The standard InChI is InChI=1S/C36H37N3O4/c1-4-10-32-31(23-25-13-15-26(16-14-25)30-12-7-6-11-27(30)24-37)34(40)38-33(5-2)39(32)28-17-19-29(20-18-28)43-36(35(41)42-3)21-8-9-22-36/h6-7,11-20H,4-5,8-10,21-23H2,1-3H3. The summed E-state index contributed by atoms with van der Waals surface area (Å²) in [5.41, 5.74) is 4.87. The number of carbonyl (C=O) groups is 1. The second-order valence-electron chi connectivity index (χ2n) is 11.0. The van der Waals surface area contributed by atoms with Gasteiger partial charge < -0.3 is 14.0 Å². The Morgan fingerprint density at radius 2 is 1.70 bits per heavy atom. The molecule has 220 valence electrons. The van der Waals surface area contributed by atoms with E-state index >= 15 is 0 Å². The van der Waals surface area contributed by atoms with Crippen LogP contribution in [0, 0.1) is 11.3 Å². The number of nitrogens with zero attached hydrogens (tertiary/aromatic N) is 3. The molecule has 1 heterocycles. The molecule has 0 radical (unpaired) electrons. The Hall–Kier alpha value is -4.70. The van der Waals surface area contributed by atoms with Gasteiger partial charge in [-0.2, -0.15) is 10.2 Å². The lowest BCUT2D eigenvalue weighted by Gasteiger charge is -2.27. The summed E-state index contributed by atoms with van der Waals surface area (Å²) < 4.78 is 13.4. The van der Waals surface area contributed by atoms with Crippen LogP contribution in [0.1, 0.15) is 74.2 Å². The third-order valence-corrected chi connectivity index (χ3v) is 8.24. The minimum Gasteiger partial charge on any atom is -0.476 e. The lowest BCUT2D eigenvalue weighted by molar-refractivity contribution is -0.158. The van der Waals surface area contributed by atoms with Gasteiger partial charge in [-0.25, -0.2) is 4.79 Å². The van der Waals surface area contributed by atoms with Gasteiger partial charge in [-0.1, -0.05) is 62.7 Å². The number of hydrogen-bond acceptors (Lipinski definition) is 6. The van der Waals surface area contributed by atoms with Gasteiger partial charge in [0.1, 0.15) is 11.6 Å². The van der Waals surface area contributed by atoms with Crippen molar-refractivity contribution in [2.75, 3.05) is 7.11 Å². The van der Waals surface area contributed by atoms with Gasteiger partial charge in [-0.05, 0) is 79.1 Å². The topological polar surface area (TPSA) is 94.2 Å². The van der Waals surface area contributed by atoms with E-state index < -0.39 is 5.60 Å². The van der Waals surface area contributed by atoms with Crippen LogP contribution in [-0.2, 0) is 28.8 Å². The Bertz CT molecular complexity index is 1690. The Labute approximate surface area is 252 Å². The second-order valence-corrected chi connectivity index (χ2v) is 11.0. The van der Waals surface area contributed by atoms with E-state index in [4.69, 9.17) is 9.47 Å². The molecule has 1 aliphatic rings. The van der Waals surface area contributed by atoms with Gasteiger partial charge in [0, 0.05) is 29.8 Å². The highest BCUT2D eigenvalue weighted by atomic mass is 16.6. The summed E-state index contributed by atoms with van der Waals surface area (Å²) in [6.07, 6.45) is 5.77. The number of benzene rings is 3. The van der Waals surface area contributed by atoms with Gasteiger partial charge in [-0.3, -0.25) is 4.79 Å². The van der Waals surface area contributed by atoms with Gasteiger partial charge in [0.05, 0.1) is 18.7 Å². The highest BCUT2D eigenvalue weighted by Gasteiger charge is 2.44. The number of aromatic nitrogens is 2. The monoisotopic (exact) mass is 575 g/mol. The molecule has 0 saturated heterocycles. The van der Waals surface area contributed by atoms with Crippen LogP contribution in [0.4, 0.5) is 0 Å². The molecule has 1 aliphatic carbocycles. The Kier molecular flexibility index (Phi) is 9.06. The van der Waals surface area contributed by atoms with Crippen LogP contribution < -0.4 is 10.3 Å². The Morgan fingerprint density at radius 3 is 2.33 bits per heavy atom. The van der Waals surface area contributed by atoms with E-state index in [0.717, 1.165) is 53.8 Å². The second kappa shape index (κ2) is 13.1. The zero-order valence-corrected chi connectivity index (χ0v) is 25.1. The van der Waals surface area contributed by atoms with E-state index in [-0.39, 0.29) is 11.5 Å². The number of aryl methyl sites for hydroxylation is 1. The van der Waals surface area contributed by atoms with Crippen LogP contribution in [0.3, 0.4) is 0 Å². The molecule has 0 aliphatic heterocycles. The molecule has 7 heteroatoms. The summed E-state index contributed by atoms with van der Waals surface area (Å²) in [7, 11) is 1.40. The molecule has 0 N–H and O–H groups in total. The molecule has 7 nitrogen and oxygen atoms in total. The van der Waals surface area contributed by atoms with E-state index in [1.165, 1.54) is 7.11 Å². The molecule has 0 spiro atoms. The first-order chi connectivity index (χ1) is 20.9. The minimum atomic E-state index is -0.934. The summed E-state index contributed by atoms with van der Waals surface area (Å²) >= 11 is 0. The molecule has 0 amide bonds. The van der Waals surface area contributed by atoms with Crippen LogP contribution in [0.25, 0.3) is 16.8 Å². The van der Waals surface area contributed by atoms with E-state index in [1.807, 2.05) is 79.7 Å². The Balaban J connectivity index is 1.49. The maximum absolute atomic E-state index is 13.4. The third kappa shape index (κ3) is 6.10. The molecule has 4 aromatic rings. The summed E-state index contributed by atoms with van der Waals surface area (Å²) in [5.74, 6) is 0.985. The molecule has 1 saturated carbocycles. The molecule has 43 heavy (non-hydrogen) atoms. The summed E-state index contributed by atoms with van der Waals surface area (Å²) in [5, 5.41) is 9.51. The smallest absolute Gasteiger partial charge is 0.350 e. The van der Waals surface area contributed by atoms with E-state index in [0.29, 0.717) is 48.4 Å². The van der Waals surface area contributed by atoms with Crippen molar-refractivity contribution in [2.24, 2.45) is 0 Å². The number of methoxy groups -OCH3 is 1. The predicted molar refractivity (Wildman–Crippen MR) is 166 cm³/mol. The quantitative estimate of drug-likeness (QED) is 0.194. The largest absolute Gasteiger partial charge is 0.476 e. The zero-order valence-electron chi connectivity index (χ0n) is 25.1. The summed E-state index contributed by atoms with van der Waals surface area (Å²) in [6.45, 7) is 4.11. The average molecular weight is 576 g/mol. The fraction of sp³-hybridized carbons (Fsp3) is 0.333. The van der Waals surface area contributed by atoms with E-state index in [2.05, 4.69) is 22.5 Å². The maximum Gasteiger partial charge on any atom is 0.350 e. The first-order valence-corrected chi connectivity index (χ1v) is 15.0. The first-order valence-electron chi connectivity index (χ1n) is 15.0. The SMILES string of the molecule is CCCc1c(Cc2ccc(-c3ccccc3C#N)cc2)c(=O)nc(CC)n1-c1ccc(OC2(C(=O)OC)CCCC2)cc1. The number of hydrogen-bond donors (Lipinski definition) is 0. The first kappa shape index (κ1) is 29.8. The fourth-order valence-electron chi connectivity index (χ4n) is 6.08. The van der Waals surface area contributed by atoms with Crippen LogP contribution in [-0.4, -0.2) is 28.2 Å². The van der Waals surface area contributed by atoms with Crippen molar-refractivity contribution in [1.29, 1.82) is 5.26 Å². The molecular formula is C36H37N3O4. The lowest BCUT2D eigenvalue weighted by Crippen LogP contribution is -2.42. The van der Waals surface area contributed by atoms with Crippen molar-refractivity contribution in [2.45, 2.75) is 70.8 Å². The van der Waals surface area contributed by atoms with E-state index in [9.17, 15) is 14.9 Å². The number of esters is 1. The number of rotatable bonds is 10. The van der Waals surface area contributed by atoms with Crippen molar-refractivity contribution in [3.05, 3.63) is 111 Å². The molecule has 3 aromatic carbocycles. The normalized spacial score (nSPS) is 13.8. The molecule has 0 bridgehead atoms. The number of ether oxygens (including phenoxy) is 2. The molecule has 5 rings (SSSR count). The van der Waals surface area contributed by atoms with Gasteiger partial charge in [0.25, 0.3) is 5.56 Å². The molecule has 0 atom stereocenters. The maximum atomic E-state index is 13.4. The van der Waals surface area contributed by atoms with Crippen molar-refractivity contribution < 1.29 is 14.3 Å². The number of carbonyl (C=O) groups excluding carboxylic acids is 1. The van der Waals surface area contributed by atoms with Crippen molar-refractivity contribution in [3.63, 3.8) is 0 Å².